The minimum Gasteiger partial charge on any atom is -0.491 e. The van der Waals surface area contributed by atoms with Crippen LogP contribution in [-0.4, -0.2) is 24.1 Å². The van der Waals surface area contributed by atoms with Crippen LogP contribution in [0.15, 0.2) is 18.2 Å². The number of nitro benzene ring substituents is 1. The van der Waals surface area contributed by atoms with Gasteiger partial charge < -0.3 is 10.1 Å². The first-order chi connectivity index (χ1) is 8.18. The average molecular weight is 236 g/mol. The number of nitrogens with one attached hydrogen (secondary N) is 1. The van der Waals surface area contributed by atoms with Crippen molar-refractivity contribution in [2.45, 2.75) is 25.8 Å². The van der Waals surface area contributed by atoms with E-state index in [1.54, 1.807) is 19.1 Å². The van der Waals surface area contributed by atoms with Crippen LogP contribution in [0.1, 0.15) is 18.4 Å². The van der Waals surface area contributed by atoms with Crippen molar-refractivity contribution in [3.8, 4) is 5.75 Å². The molecule has 0 spiro atoms. The Kier molecular flexibility index (Phi) is 3.58. The molecule has 0 radical (unpaired) electrons. The van der Waals surface area contributed by atoms with Crippen LogP contribution >= 0.6 is 0 Å². The van der Waals surface area contributed by atoms with Crippen LogP contribution in [0.3, 0.4) is 0 Å². The highest BCUT2D eigenvalue weighted by molar-refractivity contribution is 5.48. The predicted molar refractivity (Wildman–Crippen MR) is 64.4 cm³/mol. The van der Waals surface area contributed by atoms with Crippen LogP contribution in [0, 0.1) is 17.0 Å². The molecule has 1 atom stereocenters. The van der Waals surface area contributed by atoms with E-state index in [-0.39, 0.29) is 10.6 Å². The maximum absolute atomic E-state index is 10.8. The van der Waals surface area contributed by atoms with Gasteiger partial charge in [0.15, 0.2) is 0 Å². The number of nitrogens with zero attached hydrogens (tertiary/aromatic N) is 1. The first-order valence-electron chi connectivity index (χ1n) is 5.78. The van der Waals surface area contributed by atoms with Crippen molar-refractivity contribution >= 4 is 5.69 Å². The Labute approximate surface area is 99.9 Å². The fraction of sp³-hybridized carbons (Fsp3) is 0.500. The van der Waals surface area contributed by atoms with E-state index in [9.17, 15) is 10.1 Å². The molecule has 0 unspecified atom stereocenters. The second-order valence-electron chi connectivity index (χ2n) is 4.26. The van der Waals surface area contributed by atoms with E-state index in [1.165, 1.54) is 12.5 Å². The number of hydrogen-bond acceptors (Lipinski definition) is 4. The van der Waals surface area contributed by atoms with Gasteiger partial charge in [0, 0.05) is 12.1 Å². The number of nitro groups is 1. The molecule has 5 nitrogen and oxygen atoms in total. The third kappa shape index (κ3) is 2.74. The monoisotopic (exact) mass is 236 g/mol. The maximum Gasteiger partial charge on any atom is 0.276 e. The molecular formula is C12H16N2O3. The molecule has 5 heteroatoms. The van der Waals surface area contributed by atoms with E-state index < -0.39 is 0 Å². The molecule has 1 heterocycles. The zero-order chi connectivity index (χ0) is 12.3. The first kappa shape index (κ1) is 11.9. The molecule has 1 N–H and O–H groups in total. The molecule has 1 saturated heterocycles. The summed E-state index contributed by atoms with van der Waals surface area (Å²) in [7, 11) is 0. The predicted octanol–water partition coefficient (Wildman–Crippen LogP) is 2.03. The van der Waals surface area contributed by atoms with Gasteiger partial charge in [0.05, 0.1) is 10.5 Å². The molecule has 0 aliphatic carbocycles. The molecule has 1 aliphatic heterocycles. The summed E-state index contributed by atoms with van der Waals surface area (Å²) < 4.78 is 5.64. The number of rotatable bonds is 4. The van der Waals surface area contributed by atoms with Gasteiger partial charge in [0.25, 0.3) is 5.69 Å². The van der Waals surface area contributed by atoms with Crippen molar-refractivity contribution in [2.24, 2.45) is 0 Å². The molecular weight excluding hydrogens is 220 g/mol. The summed E-state index contributed by atoms with van der Waals surface area (Å²) in [4.78, 5) is 10.4. The van der Waals surface area contributed by atoms with Crippen molar-refractivity contribution in [2.75, 3.05) is 13.2 Å². The summed E-state index contributed by atoms with van der Waals surface area (Å²) in [5.74, 6) is 0.605. The van der Waals surface area contributed by atoms with Crippen LogP contribution in [0.5, 0.6) is 5.75 Å². The lowest BCUT2D eigenvalue weighted by atomic mass is 10.2. The summed E-state index contributed by atoms with van der Waals surface area (Å²) in [5, 5.41) is 14.1. The molecule has 2 rings (SSSR count). The molecule has 1 aromatic rings. The van der Waals surface area contributed by atoms with E-state index in [0.717, 1.165) is 13.0 Å². The summed E-state index contributed by atoms with van der Waals surface area (Å²) >= 11 is 0. The van der Waals surface area contributed by atoms with Crippen molar-refractivity contribution in [3.63, 3.8) is 0 Å². The van der Waals surface area contributed by atoms with Crippen LogP contribution in [0.4, 0.5) is 5.69 Å². The van der Waals surface area contributed by atoms with Gasteiger partial charge in [-0.2, -0.15) is 0 Å². The quantitative estimate of drug-likeness (QED) is 0.641. The molecule has 0 aromatic heterocycles. The Morgan fingerprint density at radius 1 is 1.59 bits per heavy atom. The van der Waals surface area contributed by atoms with Gasteiger partial charge in [0.1, 0.15) is 12.4 Å². The standard InChI is InChI=1S/C12H16N2O3/c1-9-11(14(15)16)5-2-6-12(9)17-8-10-4-3-7-13-10/h2,5-6,10,13H,3-4,7-8H2,1H3/t10-/m0/s1. The fourth-order valence-corrected chi connectivity index (χ4v) is 2.05. The first-order valence-corrected chi connectivity index (χ1v) is 5.78. The molecule has 0 amide bonds. The zero-order valence-electron chi connectivity index (χ0n) is 9.81. The van der Waals surface area contributed by atoms with Crippen molar-refractivity contribution in [1.82, 2.24) is 5.32 Å². The van der Waals surface area contributed by atoms with Crippen molar-refractivity contribution < 1.29 is 9.66 Å². The van der Waals surface area contributed by atoms with E-state index in [4.69, 9.17) is 4.74 Å². The third-order valence-electron chi connectivity index (χ3n) is 3.05. The normalized spacial score (nSPS) is 19.2. The topological polar surface area (TPSA) is 64.4 Å². The molecule has 1 fully saturated rings. The lowest BCUT2D eigenvalue weighted by Crippen LogP contribution is -2.28. The highest BCUT2D eigenvalue weighted by Crippen LogP contribution is 2.27. The fourth-order valence-electron chi connectivity index (χ4n) is 2.05. The average Bonchev–Trinajstić information content (AvgIpc) is 2.80. The zero-order valence-corrected chi connectivity index (χ0v) is 9.81. The van der Waals surface area contributed by atoms with E-state index in [0.29, 0.717) is 24.0 Å². The van der Waals surface area contributed by atoms with Gasteiger partial charge in [-0.1, -0.05) is 6.07 Å². The summed E-state index contributed by atoms with van der Waals surface area (Å²) in [6.45, 7) is 3.32. The Bertz CT molecular complexity index is 414. The smallest absolute Gasteiger partial charge is 0.276 e. The lowest BCUT2D eigenvalue weighted by Gasteiger charge is -2.13. The SMILES string of the molecule is Cc1c(OC[C@@H]2CCCN2)cccc1[N+](=O)[O-]. The summed E-state index contributed by atoms with van der Waals surface area (Å²) in [5.41, 5.74) is 0.706. The van der Waals surface area contributed by atoms with Crippen molar-refractivity contribution in [1.29, 1.82) is 0 Å². The van der Waals surface area contributed by atoms with Crippen molar-refractivity contribution in [3.05, 3.63) is 33.9 Å². The summed E-state index contributed by atoms with van der Waals surface area (Å²) in [6, 6.07) is 5.30. The minimum absolute atomic E-state index is 0.113. The Morgan fingerprint density at radius 2 is 2.41 bits per heavy atom. The van der Waals surface area contributed by atoms with E-state index in [1.807, 2.05) is 0 Å². The van der Waals surface area contributed by atoms with Gasteiger partial charge in [-0.15, -0.1) is 0 Å². The van der Waals surface area contributed by atoms with Crippen LogP contribution in [0.2, 0.25) is 0 Å². The minimum atomic E-state index is -0.379. The largest absolute Gasteiger partial charge is 0.491 e. The van der Waals surface area contributed by atoms with Gasteiger partial charge >= 0.3 is 0 Å². The summed E-state index contributed by atoms with van der Waals surface area (Å²) in [6.07, 6.45) is 2.27. The van der Waals surface area contributed by atoms with Gasteiger partial charge in [-0.25, -0.2) is 0 Å². The second-order valence-corrected chi connectivity index (χ2v) is 4.26. The molecule has 92 valence electrons. The van der Waals surface area contributed by atoms with Crippen LogP contribution in [0.25, 0.3) is 0 Å². The highest BCUT2D eigenvalue weighted by atomic mass is 16.6. The number of hydrogen-bond donors (Lipinski definition) is 1. The third-order valence-corrected chi connectivity index (χ3v) is 3.05. The highest BCUT2D eigenvalue weighted by Gasteiger charge is 2.17. The maximum atomic E-state index is 10.8. The molecule has 17 heavy (non-hydrogen) atoms. The van der Waals surface area contributed by atoms with Crippen LogP contribution < -0.4 is 10.1 Å². The Morgan fingerprint density at radius 3 is 3.06 bits per heavy atom. The number of ether oxygens (including phenoxy) is 1. The molecule has 1 aliphatic rings. The molecule has 0 bridgehead atoms. The Balaban J connectivity index is 2.04. The number of benzene rings is 1. The second kappa shape index (κ2) is 5.14. The molecule has 0 saturated carbocycles. The van der Waals surface area contributed by atoms with E-state index in [2.05, 4.69) is 5.32 Å². The van der Waals surface area contributed by atoms with Gasteiger partial charge in [-0.3, -0.25) is 10.1 Å². The van der Waals surface area contributed by atoms with E-state index >= 15 is 0 Å². The van der Waals surface area contributed by atoms with Crippen LogP contribution in [-0.2, 0) is 0 Å². The molecule has 1 aromatic carbocycles. The lowest BCUT2D eigenvalue weighted by molar-refractivity contribution is -0.385. The Hall–Kier alpha value is -1.62. The van der Waals surface area contributed by atoms with Gasteiger partial charge in [0.2, 0.25) is 0 Å². The van der Waals surface area contributed by atoms with Gasteiger partial charge in [-0.05, 0) is 32.4 Å².